The van der Waals surface area contributed by atoms with Crippen LogP contribution >= 0.6 is 24.0 Å². The molecule has 23 heavy (non-hydrogen) atoms. The van der Waals surface area contributed by atoms with Crippen molar-refractivity contribution in [1.82, 2.24) is 5.32 Å². The lowest BCUT2D eigenvalue weighted by atomic mass is 9.96. The highest BCUT2D eigenvalue weighted by molar-refractivity contribution is 6.30. The molecule has 2 aromatic carbocycles. The Balaban J connectivity index is 0.00000192. The minimum atomic E-state index is -0.205. The Labute approximate surface area is 149 Å². The molecule has 3 rings (SSSR count). The van der Waals surface area contributed by atoms with Crippen LogP contribution in [0.1, 0.15) is 18.4 Å². The standard InChI is InChI=1S/C19H22ClNO.ClH/c1-21-18-11-14(12-19(18)22)10-13-2-4-15(5-3-13)16-6-8-17(20)9-7-16;/h2-9,14,18-19,21-22H,10-12H2,1H3;1H/t14-,18+,19+;/m1./s1. The third-order valence-corrected chi connectivity index (χ3v) is 4.91. The Kier molecular flexibility index (Phi) is 6.49. The van der Waals surface area contributed by atoms with Crippen LogP contribution in [-0.4, -0.2) is 24.3 Å². The molecule has 0 radical (unpaired) electrons. The van der Waals surface area contributed by atoms with Crippen molar-refractivity contribution in [2.45, 2.75) is 31.4 Å². The molecular weight excluding hydrogens is 329 g/mol. The van der Waals surface area contributed by atoms with Crippen molar-refractivity contribution in [3.8, 4) is 11.1 Å². The van der Waals surface area contributed by atoms with E-state index in [1.807, 2.05) is 31.3 Å². The van der Waals surface area contributed by atoms with Crippen molar-refractivity contribution < 1.29 is 5.11 Å². The van der Waals surface area contributed by atoms with E-state index in [9.17, 15) is 5.11 Å². The molecule has 0 aromatic heterocycles. The van der Waals surface area contributed by atoms with Gasteiger partial charge in [-0.2, -0.15) is 0 Å². The Hall–Kier alpha value is -1.06. The fourth-order valence-corrected chi connectivity index (χ4v) is 3.53. The van der Waals surface area contributed by atoms with E-state index in [1.165, 1.54) is 16.7 Å². The van der Waals surface area contributed by atoms with Crippen molar-refractivity contribution in [3.05, 3.63) is 59.1 Å². The number of nitrogens with one attached hydrogen (secondary N) is 1. The number of benzene rings is 2. The molecular formula is C19H23Cl2NO. The first-order chi connectivity index (χ1) is 10.7. The van der Waals surface area contributed by atoms with Crippen molar-refractivity contribution >= 4 is 24.0 Å². The van der Waals surface area contributed by atoms with Crippen molar-refractivity contribution in [2.24, 2.45) is 5.92 Å². The molecule has 1 aliphatic carbocycles. The van der Waals surface area contributed by atoms with Crippen molar-refractivity contribution in [3.63, 3.8) is 0 Å². The van der Waals surface area contributed by atoms with Crippen molar-refractivity contribution in [1.29, 1.82) is 0 Å². The molecule has 0 bridgehead atoms. The molecule has 1 saturated carbocycles. The van der Waals surface area contributed by atoms with Gasteiger partial charge in [-0.15, -0.1) is 12.4 Å². The van der Waals surface area contributed by atoms with Crippen LogP contribution < -0.4 is 5.32 Å². The summed E-state index contributed by atoms with van der Waals surface area (Å²) in [5.74, 6) is 0.564. The highest BCUT2D eigenvalue weighted by Crippen LogP contribution is 2.30. The maximum atomic E-state index is 9.98. The molecule has 0 amide bonds. The minimum absolute atomic E-state index is 0. The predicted molar refractivity (Wildman–Crippen MR) is 99.4 cm³/mol. The molecule has 2 aromatic rings. The second-order valence-electron chi connectivity index (χ2n) is 6.21. The van der Waals surface area contributed by atoms with Gasteiger partial charge in [-0.25, -0.2) is 0 Å². The van der Waals surface area contributed by atoms with Crippen LogP contribution in [0.15, 0.2) is 48.5 Å². The van der Waals surface area contributed by atoms with Gasteiger partial charge < -0.3 is 10.4 Å². The van der Waals surface area contributed by atoms with Gasteiger partial charge in [0.05, 0.1) is 6.10 Å². The molecule has 3 atom stereocenters. The molecule has 1 fully saturated rings. The van der Waals surface area contributed by atoms with Gasteiger partial charge in [-0.05, 0) is 61.1 Å². The molecule has 1 aliphatic rings. The first kappa shape index (κ1) is 18.3. The van der Waals surface area contributed by atoms with Gasteiger partial charge in [0.2, 0.25) is 0 Å². The van der Waals surface area contributed by atoms with Gasteiger partial charge in [0.15, 0.2) is 0 Å². The Bertz CT molecular complexity index is 612. The lowest BCUT2D eigenvalue weighted by molar-refractivity contribution is 0.150. The second-order valence-corrected chi connectivity index (χ2v) is 6.64. The average molecular weight is 352 g/mol. The number of hydrogen-bond acceptors (Lipinski definition) is 2. The third-order valence-electron chi connectivity index (χ3n) is 4.65. The van der Waals surface area contributed by atoms with Crippen LogP contribution in [0.25, 0.3) is 11.1 Å². The lowest BCUT2D eigenvalue weighted by Gasteiger charge is -2.12. The zero-order chi connectivity index (χ0) is 15.5. The van der Waals surface area contributed by atoms with Gasteiger partial charge in [0.1, 0.15) is 0 Å². The number of aliphatic hydroxyl groups excluding tert-OH is 1. The maximum absolute atomic E-state index is 9.98. The summed E-state index contributed by atoms with van der Waals surface area (Å²) in [6.45, 7) is 0. The smallest absolute Gasteiger partial charge is 0.0695 e. The molecule has 4 heteroatoms. The van der Waals surface area contributed by atoms with E-state index < -0.39 is 0 Å². The van der Waals surface area contributed by atoms with Crippen LogP contribution in [-0.2, 0) is 6.42 Å². The van der Waals surface area contributed by atoms with E-state index in [0.29, 0.717) is 5.92 Å². The van der Waals surface area contributed by atoms with Gasteiger partial charge in [-0.3, -0.25) is 0 Å². The molecule has 0 saturated heterocycles. The molecule has 124 valence electrons. The van der Waals surface area contributed by atoms with Gasteiger partial charge >= 0.3 is 0 Å². The Morgan fingerprint density at radius 1 is 1.00 bits per heavy atom. The minimum Gasteiger partial charge on any atom is -0.391 e. The molecule has 2 N–H and O–H groups in total. The highest BCUT2D eigenvalue weighted by Gasteiger charge is 2.31. The predicted octanol–water partition coefficient (Wildman–Crippen LogP) is 4.33. The van der Waals surface area contributed by atoms with E-state index in [2.05, 4.69) is 29.6 Å². The first-order valence-electron chi connectivity index (χ1n) is 7.86. The van der Waals surface area contributed by atoms with Gasteiger partial charge in [0.25, 0.3) is 0 Å². The first-order valence-corrected chi connectivity index (χ1v) is 8.23. The Morgan fingerprint density at radius 3 is 2.09 bits per heavy atom. The van der Waals surface area contributed by atoms with E-state index in [-0.39, 0.29) is 24.6 Å². The summed E-state index contributed by atoms with van der Waals surface area (Å²) in [7, 11) is 1.93. The van der Waals surface area contributed by atoms with E-state index in [1.54, 1.807) is 0 Å². The average Bonchev–Trinajstić information content (AvgIpc) is 2.88. The van der Waals surface area contributed by atoms with Crippen LogP contribution in [0.3, 0.4) is 0 Å². The van der Waals surface area contributed by atoms with Crippen LogP contribution in [0.5, 0.6) is 0 Å². The number of hydrogen-bond donors (Lipinski definition) is 2. The van der Waals surface area contributed by atoms with Gasteiger partial charge in [0, 0.05) is 11.1 Å². The zero-order valence-corrected chi connectivity index (χ0v) is 14.8. The van der Waals surface area contributed by atoms with E-state index in [0.717, 1.165) is 24.3 Å². The topological polar surface area (TPSA) is 32.3 Å². The monoisotopic (exact) mass is 351 g/mol. The fraction of sp³-hybridized carbons (Fsp3) is 0.368. The third kappa shape index (κ3) is 4.48. The summed E-state index contributed by atoms with van der Waals surface area (Å²) in [5, 5.41) is 13.9. The highest BCUT2D eigenvalue weighted by atomic mass is 35.5. The number of halogens is 2. The molecule has 0 spiro atoms. The SMILES string of the molecule is CN[C@H]1C[C@@H](Cc2ccc(-c3ccc(Cl)cc3)cc2)C[C@@H]1O.Cl. The summed E-state index contributed by atoms with van der Waals surface area (Å²) in [6.07, 6.45) is 2.78. The zero-order valence-electron chi connectivity index (χ0n) is 13.2. The second kappa shape index (κ2) is 8.16. The normalized spacial score (nSPS) is 23.5. The van der Waals surface area contributed by atoms with E-state index in [4.69, 9.17) is 11.6 Å². The Morgan fingerprint density at radius 2 is 1.57 bits per heavy atom. The summed E-state index contributed by atoms with van der Waals surface area (Å²) in [5.41, 5.74) is 3.73. The molecule has 0 unspecified atom stereocenters. The van der Waals surface area contributed by atoms with E-state index >= 15 is 0 Å². The molecule has 2 nitrogen and oxygen atoms in total. The number of likely N-dealkylation sites (N-methyl/N-ethyl adjacent to an activating group) is 1. The van der Waals surface area contributed by atoms with Crippen LogP contribution in [0.2, 0.25) is 5.02 Å². The molecule has 0 heterocycles. The lowest BCUT2D eigenvalue weighted by Crippen LogP contribution is -2.32. The summed E-state index contributed by atoms with van der Waals surface area (Å²) >= 11 is 5.93. The molecule has 0 aliphatic heterocycles. The quantitative estimate of drug-likeness (QED) is 0.858. The van der Waals surface area contributed by atoms with Crippen LogP contribution in [0, 0.1) is 5.92 Å². The number of rotatable bonds is 4. The summed E-state index contributed by atoms with van der Waals surface area (Å²) < 4.78 is 0. The van der Waals surface area contributed by atoms with Crippen LogP contribution in [0.4, 0.5) is 0 Å². The number of aliphatic hydroxyl groups is 1. The summed E-state index contributed by atoms with van der Waals surface area (Å²) in [4.78, 5) is 0. The van der Waals surface area contributed by atoms with Gasteiger partial charge in [-0.1, -0.05) is 48.0 Å². The fourth-order valence-electron chi connectivity index (χ4n) is 3.40. The largest absolute Gasteiger partial charge is 0.391 e. The maximum Gasteiger partial charge on any atom is 0.0695 e. The van der Waals surface area contributed by atoms with Crippen molar-refractivity contribution in [2.75, 3.05) is 7.05 Å². The summed E-state index contributed by atoms with van der Waals surface area (Å²) in [6, 6.07) is 16.9.